The Kier molecular flexibility index (Phi) is 4.98. The van der Waals surface area contributed by atoms with Crippen LogP contribution in [0.25, 0.3) is 0 Å². The van der Waals surface area contributed by atoms with Gasteiger partial charge in [-0.05, 0) is 13.8 Å². The predicted molar refractivity (Wildman–Crippen MR) is 54.4 cm³/mol. The predicted octanol–water partition coefficient (Wildman–Crippen LogP) is 0.542. The van der Waals surface area contributed by atoms with Gasteiger partial charge in [0.1, 0.15) is 0 Å². The highest BCUT2D eigenvalue weighted by Crippen LogP contribution is 2.07. The molecule has 0 aromatic rings. The molecular weight excluding hydrogens is 236 g/mol. The van der Waals surface area contributed by atoms with Crippen molar-refractivity contribution >= 4 is 27.7 Å². The summed E-state index contributed by atoms with van der Waals surface area (Å²) >= 11 is 3.16. The lowest BCUT2D eigenvalue weighted by Crippen LogP contribution is -2.46. The number of carbonyl (C=O) groups excluding carboxylic acids is 2. The molecule has 0 aliphatic carbocycles. The molecular formula is C8H15BrN2O2. The summed E-state index contributed by atoms with van der Waals surface area (Å²) in [6.45, 7) is 3.54. The van der Waals surface area contributed by atoms with Crippen molar-refractivity contribution in [2.24, 2.45) is 5.73 Å². The fourth-order valence-corrected chi connectivity index (χ4v) is 1.37. The van der Waals surface area contributed by atoms with Crippen molar-refractivity contribution in [3.05, 3.63) is 0 Å². The van der Waals surface area contributed by atoms with Crippen LogP contribution in [0.5, 0.6) is 0 Å². The van der Waals surface area contributed by atoms with Crippen LogP contribution < -0.4 is 11.1 Å². The van der Waals surface area contributed by atoms with Crippen molar-refractivity contribution in [3.8, 4) is 0 Å². The van der Waals surface area contributed by atoms with Gasteiger partial charge in [-0.1, -0.05) is 15.9 Å². The SMILES string of the molecule is CC(C)(CC(N)=O)NC(=O)CCBr. The van der Waals surface area contributed by atoms with Crippen LogP contribution in [-0.4, -0.2) is 22.7 Å². The Labute approximate surface area is 86.4 Å². The third kappa shape index (κ3) is 6.57. The minimum Gasteiger partial charge on any atom is -0.370 e. The average molecular weight is 251 g/mol. The first-order valence-corrected chi connectivity index (χ1v) is 5.15. The van der Waals surface area contributed by atoms with Crippen LogP contribution in [0.3, 0.4) is 0 Å². The van der Waals surface area contributed by atoms with Gasteiger partial charge < -0.3 is 11.1 Å². The van der Waals surface area contributed by atoms with Crippen molar-refractivity contribution in [3.63, 3.8) is 0 Å². The van der Waals surface area contributed by atoms with Gasteiger partial charge in [-0.3, -0.25) is 9.59 Å². The largest absolute Gasteiger partial charge is 0.370 e. The topological polar surface area (TPSA) is 72.2 Å². The van der Waals surface area contributed by atoms with Gasteiger partial charge in [0.25, 0.3) is 0 Å². The summed E-state index contributed by atoms with van der Waals surface area (Å²) in [4.78, 5) is 21.8. The minimum absolute atomic E-state index is 0.0804. The molecule has 0 saturated heterocycles. The molecule has 4 nitrogen and oxygen atoms in total. The molecule has 76 valence electrons. The smallest absolute Gasteiger partial charge is 0.221 e. The Bertz CT molecular complexity index is 204. The number of rotatable bonds is 5. The second-order valence-electron chi connectivity index (χ2n) is 3.51. The molecule has 0 aromatic carbocycles. The van der Waals surface area contributed by atoms with Crippen LogP contribution in [0.15, 0.2) is 0 Å². The van der Waals surface area contributed by atoms with E-state index >= 15 is 0 Å². The van der Waals surface area contributed by atoms with Gasteiger partial charge in [0.05, 0.1) is 0 Å². The number of alkyl halides is 1. The van der Waals surface area contributed by atoms with Gasteiger partial charge in [0.2, 0.25) is 11.8 Å². The lowest BCUT2D eigenvalue weighted by molar-refractivity contribution is -0.123. The minimum atomic E-state index is -0.551. The Morgan fingerprint density at radius 1 is 1.46 bits per heavy atom. The molecule has 0 spiro atoms. The van der Waals surface area contributed by atoms with E-state index in [0.717, 1.165) is 0 Å². The maximum absolute atomic E-state index is 11.1. The second-order valence-corrected chi connectivity index (χ2v) is 4.31. The average Bonchev–Trinajstić information content (AvgIpc) is 1.81. The summed E-state index contributed by atoms with van der Waals surface area (Å²) in [7, 11) is 0. The van der Waals surface area contributed by atoms with E-state index in [4.69, 9.17) is 5.73 Å². The fraction of sp³-hybridized carbons (Fsp3) is 0.750. The molecule has 2 amide bonds. The zero-order chi connectivity index (χ0) is 10.5. The lowest BCUT2D eigenvalue weighted by Gasteiger charge is -2.24. The number of amides is 2. The van der Waals surface area contributed by atoms with Gasteiger partial charge in [-0.25, -0.2) is 0 Å². The van der Waals surface area contributed by atoms with E-state index in [0.29, 0.717) is 11.8 Å². The Morgan fingerprint density at radius 3 is 2.38 bits per heavy atom. The normalized spacial score (nSPS) is 11.0. The summed E-state index contributed by atoms with van der Waals surface area (Å²) in [5.74, 6) is -0.493. The summed E-state index contributed by atoms with van der Waals surface area (Å²) in [5.41, 5.74) is 4.48. The lowest BCUT2D eigenvalue weighted by atomic mass is 10.0. The van der Waals surface area contributed by atoms with E-state index in [9.17, 15) is 9.59 Å². The zero-order valence-corrected chi connectivity index (χ0v) is 9.48. The first-order chi connectivity index (χ1) is 5.87. The van der Waals surface area contributed by atoms with Crippen molar-refractivity contribution < 1.29 is 9.59 Å². The molecule has 0 aliphatic rings. The Balaban J connectivity index is 4.00. The van der Waals surface area contributed by atoms with Crippen molar-refractivity contribution in [2.75, 3.05) is 5.33 Å². The molecule has 0 unspecified atom stereocenters. The van der Waals surface area contributed by atoms with Crippen LogP contribution >= 0.6 is 15.9 Å². The van der Waals surface area contributed by atoms with E-state index in [1.807, 2.05) is 0 Å². The molecule has 13 heavy (non-hydrogen) atoms. The van der Waals surface area contributed by atoms with Gasteiger partial charge in [0, 0.05) is 23.7 Å². The van der Waals surface area contributed by atoms with E-state index in [2.05, 4.69) is 21.2 Å². The third-order valence-electron chi connectivity index (χ3n) is 1.42. The zero-order valence-electron chi connectivity index (χ0n) is 7.89. The number of carbonyl (C=O) groups is 2. The van der Waals surface area contributed by atoms with E-state index in [1.165, 1.54) is 0 Å². The number of hydrogen-bond acceptors (Lipinski definition) is 2. The summed E-state index contributed by atoms with van der Waals surface area (Å²) in [6.07, 6.45) is 0.559. The molecule has 0 atom stereocenters. The summed E-state index contributed by atoms with van der Waals surface area (Å²) in [6, 6.07) is 0. The molecule has 5 heteroatoms. The van der Waals surface area contributed by atoms with E-state index in [1.54, 1.807) is 13.8 Å². The highest BCUT2D eigenvalue weighted by atomic mass is 79.9. The molecule has 0 saturated carbocycles. The number of primary amides is 1. The Hall–Kier alpha value is -0.580. The van der Waals surface area contributed by atoms with Crippen LogP contribution in [0.2, 0.25) is 0 Å². The van der Waals surface area contributed by atoms with Crippen LogP contribution in [0.4, 0.5) is 0 Å². The molecule has 0 aromatic heterocycles. The third-order valence-corrected chi connectivity index (χ3v) is 1.81. The van der Waals surface area contributed by atoms with Crippen LogP contribution in [0, 0.1) is 0 Å². The number of hydrogen-bond donors (Lipinski definition) is 2. The summed E-state index contributed by atoms with van der Waals surface area (Å²) < 4.78 is 0. The van der Waals surface area contributed by atoms with E-state index in [-0.39, 0.29) is 12.3 Å². The molecule has 0 bridgehead atoms. The first kappa shape index (κ1) is 12.4. The Morgan fingerprint density at radius 2 is 2.00 bits per heavy atom. The van der Waals surface area contributed by atoms with Gasteiger partial charge in [-0.15, -0.1) is 0 Å². The molecule has 0 fully saturated rings. The molecule has 3 N–H and O–H groups in total. The number of halogens is 1. The molecule has 0 heterocycles. The van der Waals surface area contributed by atoms with Gasteiger partial charge >= 0.3 is 0 Å². The maximum atomic E-state index is 11.1. The quantitative estimate of drug-likeness (QED) is 0.700. The van der Waals surface area contributed by atoms with Gasteiger partial charge in [0.15, 0.2) is 0 Å². The number of nitrogens with one attached hydrogen (secondary N) is 1. The number of nitrogens with two attached hydrogens (primary N) is 1. The second kappa shape index (κ2) is 5.21. The summed E-state index contributed by atoms with van der Waals surface area (Å²) in [5, 5.41) is 3.34. The standard InChI is InChI=1S/C8H15BrN2O2/c1-8(2,5-6(10)12)11-7(13)3-4-9/h3-5H2,1-2H3,(H2,10,12)(H,11,13). The highest BCUT2D eigenvalue weighted by Gasteiger charge is 2.22. The van der Waals surface area contributed by atoms with Crippen LogP contribution in [0.1, 0.15) is 26.7 Å². The molecule has 0 rings (SSSR count). The van der Waals surface area contributed by atoms with Crippen molar-refractivity contribution in [1.82, 2.24) is 5.32 Å². The maximum Gasteiger partial charge on any atom is 0.221 e. The highest BCUT2D eigenvalue weighted by molar-refractivity contribution is 9.09. The fourth-order valence-electron chi connectivity index (χ4n) is 1.01. The molecule has 0 aliphatic heterocycles. The van der Waals surface area contributed by atoms with Crippen molar-refractivity contribution in [2.45, 2.75) is 32.2 Å². The van der Waals surface area contributed by atoms with E-state index < -0.39 is 11.4 Å². The monoisotopic (exact) mass is 250 g/mol. The van der Waals surface area contributed by atoms with Crippen LogP contribution in [-0.2, 0) is 9.59 Å². The van der Waals surface area contributed by atoms with Crippen molar-refractivity contribution in [1.29, 1.82) is 0 Å². The molecule has 0 radical (unpaired) electrons. The first-order valence-electron chi connectivity index (χ1n) is 4.02. The van der Waals surface area contributed by atoms with Gasteiger partial charge in [-0.2, -0.15) is 0 Å².